The van der Waals surface area contributed by atoms with Gasteiger partial charge in [-0.25, -0.2) is 4.79 Å². The first kappa shape index (κ1) is 30.2. The number of pyridine rings is 1. The highest BCUT2D eigenvalue weighted by Crippen LogP contribution is 2.36. The Bertz CT molecular complexity index is 1340. The number of carbonyl (C=O) groups excluding carboxylic acids is 3. The molecule has 0 spiro atoms. The lowest BCUT2D eigenvalue weighted by Gasteiger charge is -2.12. The number of methoxy groups -OCH3 is 1. The van der Waals surface area contributed by atoms with Gasteiger partial charge in [0, 0.05) is 36.6 Å². The molecule has 3 amide bonds. The number of alkyl halides is 3. The maximum atomic E-state index is 13.0. The van der Waals surface area contributed by atoms with E-state index in [-0.39, 0.29) is 23.3 Å². The molecule has 13 heteroatoms. The molecular formula is C27H26ClF3N4O5. The van der Waals surface area contributed by atoms with E-state index in [9.17, 15) is 27.6 Å². The molecule has 0 unspecified atom stereocenters. The van der Waals surface area contributed by atoms with Crippen LogP contribution in [0.15, 0.2) is 60.8 Å². The second-order valence-corrected chi connectivity index (χ2v) is 8.82. The maximum Gasteiger partial charge on any atom is 0.417 e. The smallest absolute Gasteiger partial charge is 0.417 e. The van der Waals surface area contributed by atoms with Gasteiger partial charge < -0.3 is 25.4 Å². The van der Waals surface area contributed by atoms with Crippen LogP contribution in [-0.4, -0.2) is 36.5 Å². The van der Waals surface area contributed by atoms with Gasteiger partial charge in [0.15, 0.2) is 0 Å². The standard InChI is InChI=1S/C27H26ClF3N4O5/c1-39-24(36)5-3-2-4-13-33-25(37)23-16-20(12-14-32-23)40-19-9-6-17(7-10-19)34-26(38)35-18-8-11-22(28)21(15-18)27(29,30)31/h6-12,14-16H,2-5,13H2,1H3,(H,33,37)(H2,34,35,38). The fourth-order valence-corrected chi connectivity index (χ4v) is 3.65. The van der Waals surface area contributed by atoms with E-state index in [1.165, 1.54) is 37.6 Å². The summed E-state index contributed by atoms with van der Waals surface area (Å²) >= 11 is 5.60. The van der Waals surface area contributed by atoms with E-state index in [2.05, 4.69) is 25.7 Å². The number of anilines is 2. The fourth-order valence-electron chi connectivity index (χ4n) is 3.42. The van der Waals surface area contributed by atoms with E-state index >= 15 is 0 Å². The van der Waals surface area contributed by atoms with Crippen molar-refractivity contribution in [3.63, 3.8) is 0 Å². The van der Waals surface area contributed by atoms with Crippen LogP contribution in [0.25, 0.3) is 0 Å². The summed E-state index contributed by atoms with van der Waals surface area (Å²) in [5.74, 6) is 0.134. The highest BCUT2D eigenvalue weighted by molar-refractivity contribution is 6.31. The van der Waals surface area contributed by atoms with Crippen molar-refractivity contribution in [1.82, 2.24) is 10.3 Å². The number of carbonyl (C=O) groups is 3. The Morgan fingerprint density at radius 2 is 1.60 bits per heavy atom. The van der Waals surface area contributed by atoms with Gasteiger partial charge in [-0.3, -0.25) is 14.6 Å². The Hall–Kier alpha value is -4.32. The highest BCUT2D eigenvalue weighted by Gasteiger charge is 2.33. The number of halogens is 4. The zero-order chi connectivity index (χ0) is 29.1. The first-order valence-electron chi connectivity index (χ1n) is 12.1. The molecule has 3 N–H and O–H groups in total. The summed E-state index contributed by atoms with van der Waals surface area (Å²) in [7, 11) is 1.34. The van der Waals surface area contributed by atoms with Crippen LogP contribution in [0.5, 0.6) is 11.5 Å². The van der Waals surface area contributed by atoms with Gasteiger partial charge in [0.2, 0.25) is 0 Å². The molecule has 0 radical (unpaired) electrons. The number of rotatable bonds is 11. The van der Waals surface area contributed by atoms with Crippen molar-refractivity contribution in [3.05, 3.63) is 77.1 Å². The monoisotopic (exact) mass is 578 g/mol. The Morgan fingerprint density at radius 3 is 2.30 bits per heavy atom. The van der Waals surface area contributed by atoms with Crippen LogP contribution in [0.2, 0.25) is 5.02 Å². The Labute approximate surface area is 233 Å². The first-order valence-corrected chi connectivity index (χ1v) is 12.5. The number of nitrogens with zero attached hydrogens (tertiary/aromatic N) is 1. The van der Waals surface area contributed by atoms with Gasteiger partial charge in [-0.2, -0.15) is 13.2 Å². The van der Waals surface area contributed by atoms with Gasteiger partial charge in [0.25, 0.3) is 5.91 Å². The predicted octanol–water partition coefficient (Wildman–Crippen LogP) is 6.65. The number of ether oxygens (including phenoxy) is 2. The third-order valence-electron chi connectivity index (χ3n) is 5.41. The number of hydrogen-bond donors (Lipinski definition) is 3. The second-order valence-electron chi connectivity index (χ2n) is 8.42. The summed E-state index contributed by atoms with van der Waals surface area (Å²) in [4.78, 5) is 39.8. The lowest BCUT2D eigenvalue weighted by atomic mass is 10.2. The number of esters is 1. The largest absolute Gasteiger partial charge is 0.469 e. The minimum absolute atomic E-state index is 0.0785. The molecule has 212 valence electrons. The Balaban J connectivity index is 1.49. The van der Waals surface area contributed by atoms with Crippen molar-refractivity contribution >= 4 is 40.9 Å². The molecule has 0 aliphatic heterocycles. The fraction of sp³-hybridized carbons (Fsp3) is 0.259. The second kappa shape index (κ2) is 14.2. The molecule has 9 nitrogen and oxygen atoms in total. The number of benzene rings is 2. The van der Waals surface area contributed by atoms with Gasteiger partial charge in [0.1, 0.15) is 17.2 Å². The molecule has 0 fully saturated rings. The van der Waals surface area contributed by atoms with Gasteiger partial charge in [0.05, 0.1) is 17.7 Å². The van der Waals surface area contributed by atoms with Crippen molar-refractivity contribution in [2.24, 2.45) is 0 Å². The van der Waals surface area contributed by atoms with Crippen LogP contribution in [0.1, 0.15) is 41.7 Å². The molecule has 0 aliphatic carbocycles. The normalized spacial score (nSPS) is 10.9. The SMILES string of the molecule is COC(=O)CCCCCNC(=O)c1cc(Oc2ccc(NC(=O)Nc3ccc(Cl)c(C(F)(F)F)c3)cc2)ccn1. The van der Waals surface area contributed by atoms with Gasteiger partial charge >= 0.3 is 18.2 Å². The van der Waals surface area contributed by atoms with Gasteiger partial charge in [-0.05, 0) is 61.4 Å². The summed E-state index contributed by atoms with van der Waals surface area (Å²) in [6, 6.07) is 11.6. The van der Waals surface area contributed by atoms with Crippen LogP contribution >= 0.6 is 11.6 Å². The molecule has 1 heterocycles. The molecular weight excluding hydrogens is 553 g/mol. The topological polar surface area (TPSA) is 119 Å². The molecule has 0 aliphatic rings. The summed E-state index contributed by atoms with van der Waals surface area (Å²) in [5.41, 5.74) is -0.614. The van der Waals surface area contributed by atoms with E-state index in [4.69, 9.17) is 16.3 Å². The van der Waals surface area contributed by atoms with Crippen LogP contribution in [0.4, 0.5) is 29.3 Å². The zero-order valence-electron chi connectivity index (χ0n) is 21.3. The third kappa shape index (κ3) is 9.45. The summed E-state index contributed by atoms with van der Waals surface area (Å²) in [5, 5.41) is 7.14. The van der Waals surface area contributed by atoms with Crippen LogP contribution in [0, 0.1) is 0 Å². The molecule has 2 aromatic carbocycles. The molecule has 1 aromatic heterocycles. The molecule has 3 aromatic rings. The van der Waals surface area contributed by atoms with Crippen molar-refractivity contribution in [1.29, 1.82) is 0 Å². The molecule has 0 atom stereocenters. The zero-order valence-corrected chi connectivity index (χ0v) is 22.1. The maximum absolute atomic E-state index is 13.0. The van der Waals surface area contributed by atoms with Crippen LogP contribution in [0.3, 0.4) is 0 Å². The lowest BCUT2D eigenvalue weighted by molar-refractivity contribution is -0.140. The Morgan fingerprint density at radius 1 is 0.900 bits per heavy atom. The average Bonchev–Trinajstić information content (AvgIpc) is 2.92. The van der Waals surface area contributed by atoms with E-state index in [0.29, 0.717) is 43.0 Å². The van der Waals surface area contributed by atoms with E-state index in [0.717, 1.165) is 18.6 Å². The molecule has 40 heavy (non-hydrogen) atoms. The molecule has 0 saturated carbocycles. The predicted molar refractivity (Wildman–Crippen MR) is 143 cm³/mol. The number of unbranched alkanes of at least 4 members (excludes halogenated alkanes) is 2. The number of aromatic nitrogens is 1. The van der Waals surface area contributed by atoms with E-state index in [1.54, 1.807) is 18.2 Å². The van der Waals surface area contributed by atoms with E-state index in [1.807, 2.05) is 0 Å². The Kier molecular flexibility index (Phi) is 10.7. The van der Waals surface area contributed by atoms with Gasteiger partial charge in [-0.15, -0.1) is 0 Å². The van der Waals surface area contributed by atoms with Gasteiger partial charge in [-0.1, -0.05) is 18.0 Å². The number of nitrogens with one attached hydrogen (secondary N) is 3. The number of hydrogen-bond acceptors (Lipinski definition) is 6. The highest BCUT2D eigenvalue weighted by atomic mass is 35.5. The molecule has 3 rings (SSSR count). The lowest BCUT2D eigenvalue weighted by Crippen LogP contribution is -2.25. The van der Waals surface area contributed by atoms with Crippen molar-refractivity contribution in [3.8, 4) is 11.5 Å². The van der Waals surface area contributed by atoms with Crippen molar-refractivity contribution in [2.75, 3.05) is 24.3 Å². The quantitative estimate of drug-likeness (QED) is 0.173. The third-order valence-corrected chi connectivity index (χ3v) is 5.74. The minimum Gasteiger partial charge on any atom is -0.469 e. The van der Waals surface area contributed by atoms with Crippen LogP contribution in [-0.2, 0) is 15.7 Å². The van der Waals surface area contributed by atoms with E-state index < -0.39 is 22.8 Å². The first-order chi connectivity index (χ1) is 19.0. The average molecular weight is 579 g/mol. The minimum atomic E-state index is -4.66. The number of amides is 3. The number of urea groups is 1. The van der Waals surface area contributed by atoms with Crippen LogP contribution < -0.4 is 20.7 Å². The van der Waals surface area contributed by atoms with Crippen molar-refractivity contribution in [2.45, 2.75) is 31.9 Å². The molecule has 0 bridgehead atoms. The summed E-state index contributed by atoms with van der Waals surface area (Å²) in [6.07, 6.45) is -0.750. The molecule has 0 saturated heterocycles. The van der Waals surface area contributed by atoms with Crippen molar-refractivity contribution < 1.29 is 37.0 Å². The summed E-state index contributed by atoms with van der Waals surface area (Å²) < 4.78 is 49.4. The summed E-state index contributed by atoms with van der Waals surface area (Å²) in [6.45, 7) is 0.427.